The van der Waals surface area contributed by atoms with Gasteiger partial charge in [-0.1, -0.05) is 113 Å². The summed E-state index contributed by atoms with van der Waals surface area (Å²) in [4.78, 5) is 20.7. The Hall–Kier alpha value is -5.00. The van der Waals surface area contributed by atoms with Gasteiger partial charge in [-0.3, -0.25) is 9.97 Å². The number of hydrogen-bond donors (Lipinski definition) is 0. The Bertz CT molecular complexity index is 2390. The molecule has 0 aliphatic rings. The summed E-state index contributed by atoms with van der Waals surface area (Å²) in [6, 6.07) is 38.5. The minimum atomic E-state index is 0.269. The average Bonchev–Trinajstić information content (AvgIpc) is 3.46. The molecule has 218 valence electrons. The molecule has 0 fully saturated rings. The SMILES string of the molecule is CC(C)c1ccc2ccc3c(-c4cccc(-c5nc(-c6ccccc6)c6sc7ccccc7c6n5)c4)cc(C(C)C)nc3c2n1. The number of hydrogen-bond acceptors (Lipinski definition) is 5. The van der Waals surface area contributed by atoms with E-state index in [0.29, 0.717) is 5.92 Å². The third kappa shape index (κ3) is 4.75. The van der Waals surface area contributed by atoms with Crippen molar-refractivity contribution >= 4 is 53.4 Å². The third-order valence-electron chi connectivity index (χ3n) is 8.56. The lowest BCUT2D eigenvalue weighted by molar-refractivity contribution is 0.826. The van der Waals surface area contributed by atoms with Crippen LogP contribution in [0.15, 0.2) is 109 Å². The zero-order valence-electron chi connectivity index (χ0n) is 25.7. The molecular formula is C40H32N4S. The summed E-state index contributed by atoms with van der Waals surface area (Å²) in [6.07, 6.45) is 0. The van der Waals surface area contributed by atoms with Gasteiger partial charge in [-0.15, -0.1) is 11.3 Å². The van der Waals surface area contributed by atoms with Crippen molar-refractivity contribution in [3.05, 3.63) is 121 Å². The van der Waals surface area contributed by atoms with Gasteiger partial charge in [0.1, 0.15) is 0 Å². The molecule has 0 saturated carbocycles. The number of rotatable bonds is 5. The van der Waals surface area contributed by atoms with E-state index in [1.54, 1.807) is 11.3 Å². The zero-order valence-corrected chi connectivity index (χ0v) is 26.6. The van der Waals surface area contributed by atoms with E-state index in [0.717, 1.165) is 82.6 Å². The lowest BCUT2D eigenvalue weighted by atomic mass is 9.95. The highest BCUT2D eigenvalue weighted by molar-refractivity contribution is 7.26. The van der Waals surface area contributed by atoms with E-state index >= 15 is 0 Å². The summed E-state index contributed by atoms with van der Waals surface area (Å²) in [6.45, 7) is 8.77. The molecule has 4 aromatic heterocycles. The Morgan fingerprint density at radius 3 is 2.04 bits per heavy atom. The topological polar surface area (TPSA) is 51.6 Å². The number of thiophene rings is 1. The summed E-state index contributed by atoms with van der Waals surface area (Å²) in [5.41, 5.74) is 10.4. The third-order valence-corrected chi connectivity index (χ3v) is 9.73. The van der Waals surface area contributed by atoms with Crippen LogP contribution in [0.4, 0.5) is 0 Å². The van der Waals surface area contributed by atoms with E-state index < -0.39 is 0 Å². The molecule has 0 radical (unpaired) electrons. The first-order chi connectivity index (χ1) is 21.9. The fourth-order valence-electron chi connectivity index (χ4n) is 6.10. The molecule has 8 rings (SSSR count). The molecule has 5 heteroatoms. The first-order valence-corrected chi connectivity index (χ1v) is 16.4. The Labute approximate surface area is 266 Å². The monoisotopic (exact) mass is 600 g/mol. The minimum absolute atomic E-state index is 0.269. The fourth-order valence-corrected chi connectivity index (χ4v) is 7.25. The van der Waals surface area contributed by atoms with Crippen molar-refractivity contribution in [2.75, 3.05) is 0 Å². The summed E-state index contributed by atoms with van der Waals surface area (Å²) in [5, 5.41) is 3.37. The number of benzene rings is 4. The highest BCUT2D eigenvalue weighted by atomic mass is 32.1. The van der Waals surface area contributed by atoms with Gasteiger partial charge in [-0.05, 0) is 47.2 Å². The van der Waals surface area contributed by atoms with E-state index in [4.69, 9.17) is 19.9 Å². The number of nitrogens with zero attached hydrogens (tertiary/aromatic N) is 4. The highest BCUT2D eigenvalue weighted by Gasteiger charge is 2.18. The van der Waals surface area contributed by atoms with Crippen molar-refractivity contribution in [2.45, 2.75) is 39.5 Å². The summed E-state index contributed by atoms with van der Waals surface area (Å²) in [7, 11) is 0. The largest absolute Gasteiger partial charge is 0.250 e. The van der Waals surface area contributed by atoms with Crippen molar-refractivity contribution < 1.29 is 0 Å². The van der Waals surface area contributed by atoms with Gasteiger partial charge in [-0.2, -0.15) is 0 Å². The molecule has 0 bridgehead atoms. The molecule has 0 saturated heterocycles. The molecule has 0 unspecified atom stereocenters. The molecule has 0 amide bonds. The van der Waals surface area contributed by atoms with E-state index in [1.165, 1.54) is 4.70 Å². The van der Waals surface area contributed by atoms with Crippen LogP contribution < -0.4 is 0 Å². The summed E-state index contributed by atoms with van der Waals surface area (Å²) < 4.78 is 2.33. The maximum Gasteiger partial charge on any atom is 0.160 e. The van der Waals surface area contributed by atoms with E-state index in [2.05, 4.69) is 131 Å². The van der Waals surface area contributed by atoms with Gasteiger partial charge in [0, 0.05) is 43.4 Å². The second-order valence-corrected chi connectivity index (χ2v) is 13.3. The van der Waals surface area contributed by atoms with Crippen LogP contribution in [0, 0.1) is 0 Å². The lowest BCUT2D eigenvalue weighted by Crippen LogP contribution is -1.99. The van der Waals surface area contributed by atoms with E-state index in [1.807, 2.05) is 6.07 Å². The predicted molar refractivity (Wildman–Crippen MR) is 190 cm³/mol. The van der Waals surface area contributed by atoms with Gasteiger partial charge in [-0.25, -0.2) is 9.97 Å². The number of fused-ring (bicyclic) bond motifs is 6. The first-order valence-electron chi connectivity index (χ1n) is 15.5. The predicted octanol–water partition coefficient (Wildman–Crippen LogP) is 11.2. The molecule has 8 aromatic rings. The Morgan fingerprint density at radius 1 is 0.511 bits per heavy atom. The maximum atomic E-state index is 5.22. The van der Waals surface area contributed by atoms with Gasteiger partial charge < -0.3 is 0 Å². The molecule has 4 nitrogen and oxygen atoms in total. The molecule has 0 aliphatic carbocycles. The number of aromatic nitrogens is 4. The van der Waals surface area contributed by atoms with Crippen molar-refractivity contribution in [2.24, 2.45) is 0 Å². The molecule has 0 spiro atoms. The number of pyridine rings is 2. The van der Waals surface area contributed by atoms with Crippen LogP contribution >= 0.6 is 11.3 Å². The Balaban J connectivity index is 1.36. The van der Waals surface area contributed by atoms with Crippen LogP contribution in [0.1, 0.15) is 50.9 Å². The fraction of sp³-hybridized carbons (Fsp3) is 0.150. The second kappa shape index (κ2) is 10.9. The second-order valence-electron chi connectivity index (χ2n) is 12.3. The summed E-state index contributed by atoms with van der Waals surface area (Å²) >= 11 is 1.76. The van der Waals surface area contributed by atoms with Crippen LogP contribution in [-0.2, 0) is 0 Å². The normalized spacial score (nSPS) is 12.0. The highest BCUT2D eigenvalue weighted by Crippen LogP contribution is 2.40. The van der Waals surface area contributed by atoms with Gasteiger partial charge >= 0.3 is 0 Å². The van der Waals surface area contributed by atoms with Gasteiger partial charge in [0.25, 0.3) is 0 Å². The van der Waals surface area contributed by atoms with Crippen molar-refractivity contribution in [1.82, 2.24) is 19.9 Å². The van der Waals surface area contributed by atoms with Gasteiger partial charge in [0.05, 0.1) is 26.9 Å². The standard InChI is InChI=1S/C40H32N4S/c1-23(2)32-20-18-26-17-19-29-31(22-33(24(3)4)42-37(29)35(26)41-32)27-13-10-14-28(21-27)40-43-36(25-11-6-5-7-12-25)39-38(44-40)30-15-8-9-16-34(30)45-39/h5-24H,1-4H3. The van der Waals surface area contributed by atoms with Gasteiger partial charge in [0.2, 0.25) is 0 Å². The molecule has 0 N–H and O–H groups in total. The zero-order chi connectivity index (χ0) is 30.7. The molecule has 45 heavy (non-hydrogen) atoms. The van der Waals surface area contributed by atoms with E-state index in [9.17, 15) is 0 Å². The first kappa shape index (κ1) is 27.5. The van der Waals surface area contributed by atoms with Crippen LogP contribution in [0.25, 0.3) is 75.9 Å². The molecule has 0 aliphatic heterocycles. The Kier molecular flexibility index (Phi) is 6.65. The van der Waals surface area contributed by atoms with Crippen LogP contribution in [0.2, 0.25) is 0 Å². The molecule has 0 atom stereocenters. The quantitative estimate of drug-likeness (QED) is 0.184. The maximum absolute atomic E-state index is 5.22. The van der Waals surface area contributed by atoms with Crippen LogP contribution in [-0.4, -0.2) is 19.9 Å². The van der Waals surface area contributed by atoms with Crippen LogP contribution in [0.5, 0.6) is 0 Å². The van der Waals surface area contributed by atoms with E-state index in [-0.39, 0.29) is 5.92 Å². The molecule has 4 aromatic carbocycles. The molecular weight excluding hydrogens is 569 g/mol. The lowest BCUT2D eigenvalue weighted by Gasteiger charge is -2.15. The summed E-state index contributed by atoms with van der Waals surface area (Å²) in [5.74, 6) is 1.33. The Morgan fingerprint density at radius 2 is 1.22 bits per heavy atom. The van der Waals surface area contributed by atoms with Crippen molar-refractivity contribution in [3.63, 3.8) is 0 Å². The van der Waals surface area contributed by atoms with Crippen molar-refractivity contribution in [1.29, 1.82) is 0 Å². The minimum Gasteiger partial charge on any atom is -0.250 e. The van der Waals surface area contributed by atoms with Crippen molar-refractivity contribution in [3.8, 4) is 33.8 Å². The van der Waals surface area contributed by atoms with Crippen LogP contribution in [0.3, 0.4) is 0 Å². The smallest absolute Gasteiger partial charge is 0.160 e. The molecule has 4 heterocycles. The van der Waals surface area contributed by atoms with Gasteiger partial charge in [0.15, 0.2) is 5.82 Å². The average molecular weight is 601 g/mol.